The third kappa shape index (κ3) is 6.78. The van der Waals surface area contributed by atoms with E-state index >= 15 is 0 Å². The van der Waals surface area contributed by atoms with Gasteiger partial charge in [-0.2, -0.15) is 0 Å². The van der Waals surface area contributed by atoms with Crippen LogP contribution in [0, 0.1) is 10.8 Å². The van der Waals surface area contributed by atoms with Gasteiger partial charge in [0.2, 0.25) is 0 Å². The predicted molar refractivity (Wildman–Crippen MR) is 300 cm³/mol. The minimum atomic E-state index is -2.64. The zero-order chi connectivity index (χ0) is 64.6. The Morgan fingerprint density at radius 3 is 1.18 bits per heavy atom. The average Bonchev–Trinajstić information content (AvgIpc) is 1.46. The van der Waals surface area contributed by atoms with E-state index in [0.29, 0.717) is 0 Å². The van der Waals surface area contributed by atoms with Crippen molar-refractivity contribution in [1.29, 1.82) is 0 Å². The monoisotopic (exact) mass is 1320 g/mol. The molecule has 30 heteroatoms. The first kappa shape index (κ1) is 62.9. The molecule has 10 aliphatic carbocycles. The standard InChI is InChI=1S/2C31H23ClO13.2Mg/c2*1-29-18-13-8(7-30(27(29)45-29)19(24(18)40)21(37)14-9(33)3-4-10(34)15(14)26(30)41)20(32)23(39)16-22(38)17-11(35)5-6-12(36)31(17,28(42)43-2)44-25(13)16;;/h2*3-5,12,18,27,33-36,38-40H,6-7H2,1-2H3;;/q;;2*+2/p-4/t2*12?,18-,27+,29+,30+,31+;;/m11../s1. The predicted octanol–water partition coefficient (Wildman–Crippen LogP) is 0.298. The molecular weight excluding hydrogens is 1280 g/mol. The summed E-state index contributed by atoms with van der Waals surface area (Å²) in [4.78, 5) is 83.6. The van der Waals surface area contributed by atoms with E-state index in [4.69, 9.17) is 51.6 Å². The van der Waals surface area contributed by atoms with E-state index in [9.17, 15) is 100 Å². The second-order valence-electron chi connectivity index (χ2n) is 24.3. The third-order valence-corrected chi connectivity index (χ3v) is 21.1. The fraction of sp³-hybridized carbons (Fsp3) is 0.323. The van der Waals surface area contributed by atoms with E-state index in [1.54, 1.807) is 0 Å². The molecule has 2 unspecified atom stereocenters. The molecule has 12 atom stereocenters. The first-order chi connectivity index (χ1) is 42.4. The zero-order valence-electron chi connectivity index (χ0n) is 47.9. The molecule has 2 fully saturated rings. The Bertz CT molecular complexity index is 4280. The van der Waals surface area contributed by atoms with Gasteiger partial charge in [-0.25, -0.2) is 9.59 Å². The van der Waals surface area contributed by atoms with Gasteiger partial charge in [0.15, 0.2) is 23.1 Å². The molecule has 0 radical (unpaired) electrons. The van der Waals surface area contributed by atoms with Crippen molar-refractivity contribution >= 4 is 116 Å². The van der Waals surface area contributed by atoms with Crippen LogP contribution in [0.25, 0.3) is 11.5 Å². The van der Waals surface area contributed by atoms with Crippen molar-refractivity contribution in [2.75, 3.05) is 14.2 Å². The molecule has 0 aromatic heterocycles. The molecule has 2 saturated heterocycles. The van der Waals surface area contributed by atoms with Crippen LogP contribution in [0.3, 0.4) is 0 Å². The van der Waals surface area contributed by atoms with Crippen molar-refractivity contribution < 1.29 is 129 Å². The molecule has 2 spiro atoms. The summed E-state index contributed by atoms with van der Waals surface area (Å²) in [7, 11) is 1.93. The molecule has 464 valence electrons. The Morgan fingerprint density at radius 2 is 0.859 bits per heavy atom. The maximum Gasteiger partial charge on any atom is 2.00 e. The van der Waals surface area contributed by atoms with E-state index in [-0.39, 0.29) is 81.2 Å². The summed E-state index contributed by atoms with van der Waals surface area (Å²) < 4.78 is 34.2. The van der Waals surface area contributed by atoms with Crippen molar-refractivity contribution in [2.45, 2.75) is 98.2 Å². The number of aliphatic hydroxyl groups is 4. The van der Waals surface area contributed by atoms with Crippen LogP contribution in [-0.2, 0) is 41.4 Å². The van der Waals surface area contributed by atoms with E-state index in [2.05, 4.69) is 0 Å². The number of aromatic hydroxyl groups is 6. The Balaban J connectivity index is 0.000000164. The number of phenols is 6. The van der Waals surface area contributed by atoms with Gasteiger partial charge in [0.05, 0.1) is 57.3 Å². The number of epoxide rings is 2. The van der Waals surface area contributed by atoms with Crippen LogP contribution in [0.1, 0.15) is 113 Å². The summed E-state index contributed by atoms with van der Waals surface area (Å²) in [5.74, 6) is -20.1. The van der Waals surface area contributed by atoms with Crippen molar-refractivity contribution in [3.8, 4) is 46.0 Å². The van der Waals surface area contributed by atoms with E-state index < -0.39 is 264 Å². The molecule has 0 saturated carbocycles. The van der Waals surface area contributed by atoms with Gasteiger partial charge in [-0.1, -0.05) is 35.4 Å². The number of carbonyl (C=O) groups is 6. The van der Waals surface area contributed by atoms with Crippen molar-refractivity contribution in [3.63, 3.8) is 0 Å². The summed E-state index contributed by atoms with van der Waals surface area (Å²) in [5, 5.41) is 165. The number of Topliss-reactive ketones (excluding diaryl/α,β-unsaturated/α-hetero) is 4. The number of methoxy groups -OCH3 is 2. The molecule has 4 bridgehead atoms. The van der Waals surface area contributed by atoms with Crippen LogP contribution in [0.5, 0.6) is 46.0 Å². The smallest absolute Gasteiger partial charge is 0.875 e. The Kier molecular flexibility index (Phi) is 13.2. The minimum absolute atomic E-state index is 0. The first-order valence-electron chi connectivity index (χ1n) is 27.6. The van der Waals surface area contributed by atoms with Crippen LogP contribution < -0.4 is 29.9 Å². The Morgan fingerprint density at radius 1 is 0.533 bits per heavy atom. The zero-order valence-corrected chi connectivity index (χ0v) is 52.3. The van der Waals surface area contributed by atoms with Crippen LogP contribution in [0.4, 0.5) is 0 Å². The number of esters is 2. The van der Waals surface area contributed by atoms with Crippen molar-refractivity contribution in [2.24, 2.45) is 10.8 Å². The van der Waals surface area contributed by atoms with Gasteiger partial charge in [0.1, 0.15) is 104 Å². The van der Waals surface area contributed by atoms with E-state index in [1.165, 1.54) is 13.8 Å². The van der Waals surface area contributed by atoms with Gasteiger partial charge in [0, 0.05) is 45.3 Å². The number of carbonyl (C=O) groups excluding carboxylic acids is 6. The second-order valence-corrected chi connectivity index (χ2v) is 25.0. The van der Waals surface area contributed by atoms with Crippen LogP contribution in [-0.4, -0.2) is 193 Å². The summed E-state index contributed by atoms with van der Waals surface area (Å²) in [6, 6.07) is 4.08. The molecular formula is C62H42Cl2Mg2O26. The quantitative estimate of drug-likeness (QED) is 0.0558. The van der Waals surface area contributed by atoms with Crippen LogP contribution in [0.15, 0.2) is 81.7 Å². The molecule has 4 aromatic rings. The van der Waals surface area contributed by atoms with Crippen LogP contribution in [0.2, 0.25) is 10.0 Å². The fourth-order valence-electron chi connectivity index (χ4n) is 16.4. The summed E-state index contributed by atoms with van der Waals surface area (Å²) in [5.41, 5.74) is -18.7. The molecule has 0 amide bonds. The topological polar surface area (TPSA) is 459 Å². The van der Waals surface area contributed by atoms with Gasteiger partial charge < -0.3 is 99.9 Å². The minimum Gasteiger partial charge on any atom is -0.875 e. The number of hydrogen-bond acceptors (Lipinski definition) is 26. The number of aliphatic hydroxyl groups excluding tert-OH is 4. The number of ether oxygens (including phenoxy) is 6. The van der Waals surface area contributed by atoms with E-state index in [1.807, 2.05) is 0 Å². The number of benzene rings is 4. The molecule has 26 nitrogen and oxygen atoms in total. The average molecular weight is 1320 g/mol. The molecule has 92 heavy (non-hydrogen) atoms. The van der Waals surface area contributed by atoms with Crippen LogP contribution >= 0.6 is 23.2 Å². The fourth-order valence-corrected chi connectivity index (χ4v) is 16.9. The number of ketones is 4. The van der Waals surface area contributed by atoms with Crippen molar-refractivity contribution in [1.82, 2.24) is 0 Å². The molecule has 4 heterocycles. The van der Waals surface area contributed by atoms with Gasteiger partial charge in [-0.15, -0.1) is 23.0 Å². The summed E-state index contributed by atoms with van der Waals surface area (Å²) in [6.45, 7) is 3.01. The van der Waals surface area contributed by atoms with Gasteiger partial charge in [0.25, 0.3) is 11.2 Å². The molecule has 4 aliphatic heterocycles. The maximum absolute atomic E-state index is 14.6. The largest absolute Gasteiger partial charge is 2.00 e. The normalized spacial score (nSPS) is 32.8. The van der Waals surface area contributed by atoms with Gasteiger partial charge >= 0.3 is 58.0 Å². The number of phenolic OH excluding ortho intramolecular Hbond substituents is 6. The molecule has 4 aromatic carbocycles. The maximum atomic E-state index is 14.6. The summed E-state index contributed by atoms with van der Waals surface area (Å²) in [6.07, 6.45) is -5.65. The Labute approximate surface area is 557 Å². The van der Waals surface area contributed by atoms with Gasteiger partial charge in [-0.3, -0.25) is 19.2 Å². The molecule has 18 rings (SSSR count). The number of hydrogen-bond donors (Lipinski definition) is 10. The number of fused-ring (bicyclic) bond motifs is 6. The third-order valence-electron chi connectivity index (χ3n) is 20.3. The Hall–Kier alpha value is -7.91. The molecule has 14 aliphatic rings. The first-order valence-corrected chi connectivity index (χ1v) is 28.3. The number of rotatable bonds is 2. The molecule has 10 N–H and O–H groups in total. The second kappa shape index (κ2) is 19.4. The summed E-state index contributed by atoms with van der Waals surface area (Å²) >= 11 is 13.4. The van der Waals surface area contributed by atoms with E-state index in [0.717, 1.165) is 50.6 Å². The van der Waals surface area contributed by atoms with Crippen molar-refractivity contribution in [3.05, 3.63) is 147 Å². The SMILES string of the molecule is COC(=O)[C@@]12Oc3c(c(O)c(Cl)c4c3[C@@H]3C([O-])=C5C(=O)c6c(O)ccc(O)c6C(=O)[C@@]5(C4)[C@H]4O[C@]43C)C(O)=C1C([O-])=CCC2O.COC(=O)[C@@]12Oc3c(c(O)c(Cl)c4c3[C@@H]3C([O-])=C5C(=O)c6c(O)ccc(O)c6C(=O)[C@@]5(C4)[C@H]4O[C@]43C)C(O)=C1C([O-])=CCC2O.[Mg+2].[Mg+2]. The van der Waals surface area contributed by atoms with Gasteiger partial charge in [-0.05, 0) is 74.9 Å². The number of halogens is 2.